The number of nitrogens with zero attached hydrogens (tertiary/aromatic N) is 4. The van der Waals surface area contributed by atoms with Gasteiger partial charge in [-0.15, -0.1) is 0 Å². The lowest BCUT2D eigenvalue weighted by Crippen LogP contribution is -2.16. The Hall–Kier alpha value is -8.21. The van der Waals surface area contributed by atoms with Crippen LogP contribution >= 0.6 is 0 Å². The monoisotopic (exact) mass is 878 g/mol. The summed E-state index contributed by atoms with van der Waals surface area (Å²) in [5, 5.41) is 0. The Kier molecular flexibility index (Phi) is 12.2. The summed E-state index contributed by atoms with van der Waals surface area (Å²) in [6, 6.07) is 75.5. The fourth-order valence-electron chi connectivity index (χ4n) is 10.1. The summed E-state index contributed by atoms with van der Waals surface area (Å²) in [7, 11) is 0. The number of benzene rings is 9. The molecule has 0 aliphatic carbocycles. The maximum Gasteiger partial charge on any atom is 0.238 e. The SMILES string of the molecule is Cc1cc(C)c(C(c2ccc(N(c3ccc(-c4ccccc4-c4ccccc4)cc3)c3nc(-c4ccccc4)nc(-c4cccc(-c5ccccc5)c4)n3)cc2)c2c(C)cc(C)cc2C)c(C)c1. The third-order valence-electron chi connectivity index (χ3n) is 13.1. The predicted octanol–water partition coefficient (Wildman–Crippen LogP) is 16.7. The number of hydrogen-bond acceptors (Lipinski definition) is 4. The standard InChI is InChI=1S/C64H54N4/c1-42-37-44(3)59(45(4)38-42)61(60-46(5)39-43(2)40-47(60)6)51-31-35-56(36-32-51)68(55-33-29-50(30-34-55)58-28-17-16-27-57(58)49-21-12-8-13-22-49)64-66-62(52-23-14-9-15-24-52)65-63(67-64)54-26-18-25-53(41-54)48-19-10-7-11-20-48/h7-41,61H,1-6H3. The van der Waals surface area contributed by atoms with Crippen molar-refractivity contribution in [1.29, 1.82) is 0 Å². The Morgan fingerprint density at radius 3 is 1.24 bits per heavy atom. The zero-order chi connectivity index (χ0) is 46.7. The van der Waals surface area contributed by atoms with Crippen LogP contribution in [0.15, 0.2) is 212 Å². The van der Waals surface area contributed by atoms with E-state index >= 15 is 0 Å². The van der Waals surface area contributed by atoms with Crippen molar-refractivity contribution in [2.75, 3.05) is 4.90 Å². The van der Waals surface area contributed by atoms with Gasteiger partial charge >= 0.3 is 0 Å². The average Bonchev–Trinajstić information content (AvgIpc) is 3.37. The average molecular weight is 879 g/mol. The van der Waals surface area contributed by atoms with E-state index in [4.69, 9.17) is 15.0 Å². The summed E-state index contributed by atoms with van der Waals surface area (Å²) >= 11 is 0. The van der Waals surface area contributed by atoms with Crippen molar-refractivity contribution in [3.05, 3.63) is 262 Å². The van der Waals surface area contributed by atoms with Gasteiger partial charge in [-0.05, 0) is 144 Å². The van der Waals surface area contributed by atoms with Gasteiger partial charge in [0.05, 0.1) is 0 Å². The van der Waals surface area contributed by atoms with Gasteiger partial charge in [0.25, 0.3) is 0 Å². The minimum atomic E-state index is 0.0352. The molecule has 0 N–H and O–H groups in total. The third-order valence-corrected chi connectivity index (χ3v) is 13.1. The molecule has 0 aliphatic heterocycles. The van der Waals surface area contributed by atoms with Crippen LogP contribution in [0.5, 0.6) is 0 Å². The van der Waals surface area contributed by atoms with Gasteiger partial charge < -0.3 is 0 Å². The van der Waals surface area contributed by atoms with Crippen LogP contribution in [-0.2, 0) is 0 Å². The Balaban J connectivity index is 1.16. The van der Waals surface area contributed by atoms with E-state index in [2.05, 4.69) is 234 Å². The van der Waals surface area contributed by atoms with E-state index in [9.17, 15) is 0 Å². The maximum absolute atomic E-state index is 5.37. The first-order chi connectivity index (χ1) is 33.2. The van der Waals surface area contributed by atoms with Crippen LogP contribution in [0, 0.1) is 41.5 Å². The van der Waals surface area contributed by atoms with Crippen LogP contribution in [0.1, 0.15) is 56.0 Å². The molecule has 10 aromatic rings. The highest BCUT2D eigenvalue weighted by Gasteiger charge is 2.26. The third kappa shape index (κ3) is 8.89. The molecule has 0 unspecified atom stereocenters. The number of aryl methyl sites for hydroxylation is 6. The predicted molar refractivity (Wildman–Crippen MR) is 284 cm³/mol. The van der Waals surface area contributed by atoms with Crippen LogP contribution < -0.4 is 4.90 Å². The molecule has 1 heterocycles. The lowest BCUT2D eigenvalue weighted by Gasteiger charge is -2.28. The van der Waals surface area contributed by atoms with Crippen molar-refractivity contribution in [3.63, 3.8) is 0 Å². The molecule has 4 nitrogen and oxygen atoms in total. The lowest BCUT2D eigenvalue weighted by atomic mass is 9.77. The van der Waals surface area contributed by atoms with E-state index < -0.39 is 0 Å². The van der Waals surface area contributed by atoms with Crippen LogP contribution in [0.25, 0.3) is 56.2 Å². The molecule has 330 valence electrons. The van der Waals surface area contributed by atoms with Gasteiger partial charge in [-0.1, -0.05) is 193 Å². The topological polar surface area (TPSA) is 41.9 Å². The number of aromatic nitrogens is 3. The van der Waals surface area contributed by atoms with Gasteiger partial charge in [0, 0.05) is 28.4 Å². The van der Waals surface area contributed by atoms with E-state index in [0.717, 1.165) is 39.2 Å². The molecule has 0 fully saturated rings. The Morgan fingerprint density at radius 2 is 0.721 bits per heavy atom. The highest BCUT2D eigenvalue weighted by atomic mass is 15.3. The Morgan fingerprint density at radius 1 is 0.324 bits per heavy atom. The first-order valence-corrected chi connectivity index (χ1v) is 23.5. The minimum Gasteiger partial charge on any atom is -0.279 e. The second kappa shape index (κ2) is 18.9. The minimum absolute atomic E-state index is 0.0352. The fourth-order valence-corrected chi connectivity index (χ4v) is 10.1. The van der Waals surface area contributed by atoms with Crippen LogP contribution in [-0.4, -0.2) is 15.0 Å². The molecular formula is C64H54N4. The van der Waals surface area contributed by atoms with E-state index in [-0.39, 0.29) is 5.92 Å². The van der Waals surface area contributed by atoms with Gasteiger partial charge in [-0.2, -0.15) is 9.97 Å². The number of rotatable bonds is 11. The second-order valence-electron chi connectivity index (χ2n) is 18.0. The van der Waals surface area contributed by atoms with Gasteiger partial charge in [0.1, 0.15) is 0 Å². The second-order valence-corrected chi connectivity index (χ2v) is 18.0. The Bertz CT molecular complexity index is 3280. The summed E-state index contributed by atoms with van der Waals surface area (Å²) in [5.41, 5.74) is 22.3. The van der Waals surface area contributed by atoms with Gasteiger partial charge in [0.15, 0.2) is 11.6 Å². The highest BCUT2D eigenvalue weighted by molar-refractivity contribution is 5.85. The van der Waals surface area contributed by atoms with Crippen molar-refractivity contribution in [2.24, 2.45) is 0 Å². The molecule has 10 rings (SSSR count). The van der Waals surface area contributed by atoms with E-state index in [1.807, 2.05) is 24.3 Å². The Labute approximate surface area is 401 Å². The molecule has 68 heavy (non-hydrogen) atoms. The number of hydrogen-bond donors (Lipinski definition) is 0. The molecule has 0 spiro atoms. The van der Waals surface area contributed by atoms with E-state index in [0.29, 0.717) is 17.6 Å². The highest BCUT2D eigenvalue weighted by Crippen LogP contribution is 2.43. The summed E-state index contributed by atoms with van der Waals surface area (Å²) in [4.78, 5) is 18.0. The van der Waals surface area contributed by atoms with Crippen molar-refractivity contribution >= 4 is 17.3 Å². The van der Waals surface area contributed by atoms with Gasteiger partial charge in [-0.25, -0.2) is 4.98 Å². The first-order valence-electron chi connectivity index (χ1n) is 23.5. The molecule has 0 amide bonds. The molecular weight excluding hydrogens is 825 g/mol. The summed E-state index contributed by atoms with van der Waals surface area (Å²) < 4.78 is 0. The molecule has 1 aromatic heterocycles. The van der Waals surface area contributed by atoms with Gasteiger partial charge in [-0.3, -0.25) is 4.90 Å². The normalized spacial score (nSPS) is 11.2. The lowest BCUT2D eigenvalue weighted by molar-refractivity contribution is 0.919. The molecule has 0 saturated heterocycles. The first kappa shape index (κ1) is 43.7. The van der Waals surface area contributed by atoms with E-state index in [1.54, 1.807) is 0 Å². The van der Waals surface area contributed by atoms with E-state index in [1.165, 1.54) is 66.8 Å². The molecule has 0 saturated carbocycles. The van der Waals surface area contributed by atoms with Crippen molar-refractivity contribution < 1.29 is 0 Å². The summed E-state index contributed by atoms with van der Waals surface area (Å²) in [5.74, 6) is 1.75. The summed E-state index contributed by atoms with van der Waals surface area (Å²) in [6.07, 6.45) is 0. The van der Waals surface area contributed by atoms with Crippen molar-refractivity contribution in [3.8, 4) is 56.2 Å². The van der Waals surface area contributed by atoms with Crippen LogP contribution in [0.2, 0.25) is 0 Å². The van der Waals surface area contributed by atoms with Crippen molar-refractivity contribution in [2.45, 2.75) is 47.5 Å². The fraction of sp³-hybridized carbons (Fsp3) is 0.109. The van der Waals surface area contributed by atoms with Crippen molar-refractivity contribution in [1.82, 2.24) is 15.0 Å². The smallest absolute Gasteiger partial charge is 0.238 e. The molecule has 4 heteroatoms. The molecule has 0 aliphatic rings. The molecule has 0 radical (unpaired) electrons. The number of anilines is 3. The molecule has 0 bridgehead atoms. The zero-order valence-corrected chi connectivity index (χ0v) is 39.6. The molecule has 9 aromatic carbocycles. The maximum atomic E-state index is 5.37. The largest absolute Gasteiger partial charge is 0.279 e. The summed E-state index contributed by atoms with van der Waals surface area (Å²) in [6.45, 7) is 13.4. The molecule has 0 atom stereocenters. The van der Waals surface area contributed by atoms with Crippen LogP contribution in [0.3, 0.4) is 0 Å². The zero-order valence-electron chi connectivity index (χ0n) is 39.6. The quantitative estimate of drug-likeness (QED) is 0.121. The van der Waals surface area contributed by atoms with Gasteiger partial charge in [0.2, 0.25) is 5.95 Å². The van der Waals surface area contributed by atoms with Crippen LogP contribution in [0.4, 0.5) is 17.3 Å².